The highest BCUT2D eigenvalue weighted by molar-refractivity contribution is 6.31. The van der Waals surface area contributed by atoms with Crippen molar-refractivity contribution in [3.8, 4) is 0 Å². The Morgan fingerprint density at radius 2 is 2.21 bits per heavy atom. The van der Waals surface area contributed by atoms with E-state index in [9.17, 15) is 4.79 Å². The van der Waals surface area contributed by atoms with Crippen molar-refractivity contribution < 1.29 is 9.90 Å². The van der Waals surface area contributed by atoms with Gasteiger partial charge >= 0.3 is 5.97 Å². The van der Waals surface area contributed by atoms with Crippen molar-refractivity contribution in [3.05, 3.63) is 16.9 Å². The molecule has 0 amide bonds. The molecule has 1 unspecified atom stereocenters. The Balaban J connectivity index is 3.05. The zero-order valence-corrected chi connectivity index (χ0v) is 9.12. The van der Waals surface area contributed by atoms with E-state index in [1.54, 1.807) is 13.1 Å². The third-order valence-corrected chi connectivity index (χ3v) is 2.40. The van der Waals surface area contributed by atoms with Crippen LogP contribution < -0.4 is 0 Å². The van der Waals surface area contributed by atoms with Gasteiger partial charge in [0.25, 0.3) is 0 Å². The summed E-state index contributed by atoms with van der Waals surface area (Å²) in [6, 6.07) is -0.652. The van der Waals surface area contributed by atoms with Crippen molar-refractivity contribution in [2.24, 2.45) is 5.92 Å². The fourth-order valence-electron chi connectivity index (χ4n) is 1.31. The summed E-state index contributed by atoms with van der Waals surface area (Å²) in [5, 5.41) is 13.5. The van der Waals surface area contributed by atoms with Crippen LogP contribution in [0.25, 0.3) is 0 Å². The monoisotopic (exact) mass is 216 g/mol. The van der Waals surface area contributed by atoms with Gasteiger partial charge in [-0.3, -0.25) is 4.68 Å². The summed E-state index contributed by atoms with van der Waals surface area (Å²) in [7, 11) is 0. The smallest absolute Gasteiger partial charge is 0.328 e. The highest BCUT2D eigenvalue weighted by atomic mass is 35.5. The summed E-state index contributed by atoms with van der Waals surface area (Å²) in [6.45, 7) is 5.42. The number of halogens is 1. The van der Waals surface area contributed by atoms with Crippen LogP contribution in [0.5, 0.6) is 0 Å². The molecule has 0 spiro atoms. The maximum absolute atomic E-state index is 11.0. The van der Waals surface area contributed by atoms with Crippen LogP contribution in [0.3, 0.4) is 0 Å². The second-order valence-electron chi connectivity index (χ2n) is 3.57. The third kappa shape index (κ3) is 2.07. The van der Waals surface area contributed by atoms with Gasteiger partial charge in [0.05, 0.1) is 10.7 Å². The first-order valence-electron chi connectivity index (χ1n) is 4.37. The fraction of sp³-hybridized carbons (Fsp3) is 0.556. The lowest BCUT2D eigenvalue weighted by atomic mass is 10.1. The average molecular weight is 217 g/mol. The average Bonchev–Trinajstić information content (AvgIpc) is 2.29. The number of hydrogen-bond donors (Lipinski definition) is 1. The minimum absolute atomic E-state index is 0.0251. The molecule has 0 aliphatic rings. The quantitative estimate of drug-likeness (QED) is 0.842. The highest BCUT2D eigenvalue weighted by Gasteiger charge is 2.24. The van der Waals surface area contributed by atoms with Gasteiger partial charge in [0, 0.05) is 6.20 Å². The second kappa shape index (κ2) is 4.00. The molecule has 5 heteroatoms. The van der Waals surface area contributed by atoms with Gasteiger partial charge in [0.15, 0.2) is 6.04 Å². The van der Waals surface area contributed by atoms with Crippen LogP contribution in [0.2, 0.25) is 5.02 Å². The van der Waals surface area contributed by atoms with Crippen LogP contribution in [-0.2, 0) is 4.79 Å². The predicted molar refractivity (Wildman–Crippen MR) is 53.5 cm³/mol. The summed E-state index contributed by atoms with van der Waals surface area (Å²) < 4.78 is 1.41. The van der Waals surface area contributed by atoms with Crippen LogP contribution in [-0.4, -0.2) is 20.9 Å². The predicted octanol–water partition coefficient (Wildman–Crippen LogP) is 2.13. The third-order valence-electron chi connectivity index (χ3n) is 2.03. The van der Waals surface area contributed by atoms with Gasteiger partial charge in [-0.15, -0.1) is 0 Å². The number of carbonyl (C=O) groups is 1. The number of aryl methyl sites for hydroxylation is 1. The van der Waals surface area contributed by atoms with Crippen LogP contribution in [0.1, 0.15) is 25.6 Å². The summed E-state index contributed by atoms with van der Waals surface area (Å²) in [4.78, 5) is 11.0. The number of carboxylic acid groups (broad SMARTS) is 1. The number of nitrogens with zero attached hydrogens (tertiary/aromatic N) is 2. The van der Waals surface area contributed by atoms with Crippen molar-refractivity contribution in [1.29, 1.82) is 0 Å². The topological polar surface area (TPSA) is 55.1 Å². The van der Waals surface area contributed by atoms with E-state index in [0.717, 1.165) is 0 Å². The van der Waals surface area contributed by atoms with E-state index in [0.29, 0.717) is 10.7 Å². The number of aliphatic carboxylic acids is 1. The number of aromatic nitrogens is 2. The zero-order chi connectivity index (χ0) is 10.9. The first kappa shape index (κ1) is 11.0. The highest BCUT2D eigenvalue weighted by Crippen LogP contribution is 2.21. The van der Waals surface area contributed by atoms with Gasteiger partial charge in [0.2, 0.25) is 0 Å². The minimum atomic E-state index is -0.890. The Morgan fingerprint density at radius 3 is 2.50 bits per heavy atom. The molecule has 0 fully saturated rings. The molecule has 0 aromatic carbocycles. The van der Waals surface area contributed by atoms with Crippen molar-refractivity contribution >= 4 is 17.6 Å². The molecule has 4 nitrogen and oxygen atoms in total. The molecule has 0 saturated carbocycles. The second-order valence-corrected chi connectivity index (χ2v) is 3.98. The van der Waals surface area contributed by atoms with E-state index in [4.69, 9.17) is 16.7 Å². The minimum Gasteiger partial charge on any atom is -0.480 e. The first-order chi connectivity index (χ1) is 6.43. The van der Waals surface area contributed by atoms with E-state index in [1.165, 1.54) is 4.68 Å². The molecule has 14 heavy (non-hydrogen) atoms. The lowest BCUT2D eigenvalue weighted by Gasteiger charge is -2.16. The van der Waals surface area contributed by atoms with Crippen molar-refractivity contribution in [3.63, 3.8) is 0 Å². The van der Waals surface area contributed by atoms with Crippen molar-refractivity contribution in [1.82, 2.24) is 9.78 Å². The van der Waals surface area contributed by atoms with Gasteiger partial charge in [0.1, 0.15) is 0 Å². The standard InChI is InChI=1S/C9H13ClN2O2/c1-5(2)8(9(13)14)12-4-7(10)6(3)11-12/h4-5,8H,1-3H3,(H,13,14). The van der Waals surface area contributed by atoms with E-state index < -0.39 is 12.0 Å². The van der Waals surface area contributed by atoms with Crippen LogP contribution >= 0.6 is 11.6 Å². The van der Waals surface area contributed by atoms with Gasteiger partial charge in [-0.2, -0.15) is 5.10 Å². The number of hydrogen-bond acceptors (Lipinski definition) is 2. The molecule has 1 heterocycles. The molecule has 0 saturated heterocycles. The molecular weight excluding hydrogens is 204 g/mol. The SMILES string of the molecule is Cc1nn(C(C(=O)O)C(C)C)cc1Cl. The van der Waals surface area contributed by atoms with Crippen molar-refractivity contribution in [2.45, 2.75) is 26.8 Å². The molecule has 1 rings (SSSR count). The van der Waals surface area contributed by atoms with Crippen LogP contribution in [0, 0.1) is 12.8 Å². The van der Waals surface area contributed by atoms with Crippen LogP contribution in [0.4, 0.5) is 0 Å². The summed E-state index contributed by atoms with van der Waals surface area (Å²) in [6.07, 6.45) is 1.55. The normalized spacial score (nSPS) is 13.2. The maximum atomic E-state index is 11.0. The van der Waals surface area contributed by atoms with E-state index in [-0.39, 0.29) is 5.92 Å². The van der Waals surface area contributed by atoms with E-state index in [1.807, 2.05) is 13.8 Å². The molecule has 1 aromatic heterocycles. The van der Waals surface area contributed by atoms with E-state index in [2.05, 4.69) is 5.10 Å². The Labute approximate surface area is 87.5 Å². The van der Waals surface area contributed by atoms with Gasteiger partial charge in [-0.25, -0.2) is 4.79 Å². The maximum Gasteiger partial charge on any atom is 0.328 e. The Bertz CT molecular complexity index is 327. The first-order valence-corrected chi connectivity index (χ1v) is 4.75. The lowest BCUT2D eigenvalue weighted by Crippen LogP contribution is -2.24. The molecule has 1 atom stereocenters. The van der Waals surface area contributed by atoms with E-state index >= 15 is 0 Å². The summed E-state index contributed by atoms with van der Waals surface area (Å²) in [5.41, 5.74) is 0.651. The molecule has 0 bridgehead atoms. The Hall–Kier alpha value is -1.03. The number of rotatable bonds is 3. The largest absolute Gasteiger partial charge is 0.480 e. The Kier molecular flexibility index (Phi) is 3.16. The molecule has 1 N–H and O–H groups in total. The van der Waals surface area contributed by atoms with Gasteiger partial charge in [-0.05, 0) is 12.8 Å². The Morgan fingerprint density at radius 1 is 1.64 bits per heavy atom. The van der Waals surface area contributed by atoms with Crippen molar-refractivity contribution in [2.75, 3.05) is 0 Å². The van der Waals surface area contributed by atoms with Gasteiger partial charge < -0.3 is 5.11 Å². The molecular formula is C9H13ClN2O2. The summed E-state index contributed by atoms with van der Waals surface area (Å²) in [5.74, 6) is -0.915. The lowest BCUT2D eigenvalue weighted by molar-refractivity contribution is -0.142. The molecule has 78 valence electrons. The molecule has 0 aliphatic carbocycles. The fourth-order valence-corrected chi connectivity index (χ4v) is 1.44. The van der Waals surface area contributed by atoms with Crippen LogP contribution in [0.15, 0.2) is 6.20 Å². The zero-order valence-electron chi connectivity index (χ0n) is 8.36. The summed E-state index contributed by atoms with van der Waals surface area (Å²) >= 11 is 5.81. The molecule has 0 aliphatic heterocycles. The molecule has 0 radical (unpaired) electrons. The van der Waals surface area contributed by atoms with Gasteiger partial charge in [-0.1, -0.05) is 25.4 Å². The molecule has 1 aromatic rings. The number of carboxylic acids is 1.